The Balaban J connectivity index is 2.04. The largest absolute Gasteiger partial charge is 0.380 e. The normalized spacial score (nSPS) is 16.4. The Morgan fingerprint density at radius 3 is 2.82 bits per heavy atom. The minimum Gasteiger partial charge on any atom is -0.380 e. The predicted octanol–water partition coefficient (Wildman–Crippen LogP) is 0.965. The highest BCUT2D eigenvalue weighted by molar-refractivity contribution is 5.91. The Labute approximate surface area is 129 Å². The van der Waals surface area contributed by atoms with Crippen molar-refractivity contribution in [2.24, 2.45) is 5.73 Å². The van der Waals surface area contributed by atoms with Crippen LogP contribution in [0.25, 0.3) is 0 Å². The Morgan fingerprint density at radius 2 is 2.18 bits per heavy atom. The molecule has 1 heterocycles. The highest BCUT2D eigenvalue weighted by Crippen LogP contribution is 2.23. The number of morpholine rings is 1. The van der Waals surface area contributed by atoms with Gasteiger partial charge in [0, 0.05) is 38.1 Å². The molecule has 7 heteroatoms. The fourth-order valence-corrected chi connectivity index (χ4v) is 2.33. The number of nitrogens with one attached hydrogen (secondary N) is 1. The molecular formula is C15H22FN3O3. The van der Waals surface area contributed by atoms with Gasteiger partial charge >= 0.3 is 0 Å². The molecule has 1 atom stereocenters. The molecule has 0 saturated carbocycles. The maximum atomic E-state index is 13.8. The molecule has 1 saturated heterocycles. The van der Waals surface area contributed by atoms with Crippen LogP contribution in [-0.4, -0.2) is 52.0 Å². The van der Waals surface area contributed by atoms with Gasteiger partial charge in [0.15, 0.2) is 0 Å². The number of halogens is 1. The summed E-state index contributed by atoms with van der Waals surface area (Å²) in [6.45, 7) is 2.89. The van der Waals surface area contributed by atoms with Crippen LogP contribution in [0.3, 0.4) is 0 Å². The van der Waals surface area contributed by atoms with Crippen LogP contribution in [0, 0.1) is 5.82 Å². The third-order valence-corrected chi connectivity index (χ3v) is 3.55. The van der Waals surface area contributed by atoms with Crippen molar-refractivity contribution in [1.82, 2.24) is 0 Å². The Kier molecular flexibility index (Phi) is 6.11. The summed E-state index contributed by atoms with van der Waals surface area (Å²) in [6, 6.07) is 4.52. The van der Waals surface area contributed by atoms with E-state index in [1.807, 2.05) is 4.90 Å². The van der Waals surface area contributed by atoms with E-state index in [1.165, 1.54) is 19.2 Å². The first-order valence-electron chi connectivity index (χ1n) is 7.28. The molecule has 1 aromatic rings. The number of anilines is 2. The number of nitrogens with two attached hydrogens (primary N) is 1. The van der Waals surface area contributed by atoms with E-state index in [-0.39, 0.29) is 30.8 Å². The Morgan fingerprint density at radius 1 is 1.45 bits per heavy atom. The fraction of sp³-hybridized carbons (Fsp3) is 0.533. The third kappa shape index (κ3) is 4.66. The van der Waals surface area contributed by atoms with Gasteiger partial charge in [-0.2, -0.15) is 0 Å². The van der Waals surface area contributed by atoms with Crippen molar-refractivity contribution in [2.75, 3.05) is 50.2 Å². The molecule has 122 valence electrons. The van der Waals surface area contributed by atoms with Crippen molar-refractivity contribution in [1.29, 1.82) is 0 Å². The van der Waals surface area contributed by atoms with Gasteiger partial charge in [0.05, 0.1) is 25.7 Å². The molecular weight excluding hydrogens is 289 g/mol. The SMILES string of the molecule is COC(CN)CC(=O)Nc1cc(F)cc(N2CCOCC2)c1. The number of amides is 1. The minimum atomic E-state index is -0.388. The molecule has 1 aromatic carbocycles. The summed E-state index contributed by atoms with van der Waals surface area (Å²) < 4.78 is 24.1. The summed E-state index contributed by atoms with van der Waals surface area (Å²) in [4.78, 5) is 14.0. The van der Waals surface area contributed by atoms with Crippen molar-refractivity contribution < 1.29 is 18.7 Å². The topological polar surface area (TPSA) is 76.8 Å². The van der Waals surface area contributed by atoms with Crippen molar-refractivity contribution in [2.45, 2.75) is 12.5 Å². The van der Waals surface area contributed by atoms with E-state index in [1.54, 1.807) is 6.07 Å². The fourth-order valence-electron chi connectivity index (χ4n) is 2.33. The maximum absolute atomic E-state index is 13.8. The molecule has 1 aliphatic heterocycles. The first-order valence-corrected chi connectivity index (χ1v) is 7.28. The number of carbonyl (C=O) groups excluding carboxylic acids is 1. The molecule has 0 aliphatic carbocycles. The molecule has 0 aromatic heterocycles. The van der Waals surface area contributed by atoms with Gasteiger partial charge in [0.2, 0.25) is 5.91 Å². The number of hydrogen-bond donors (Lipinski definition) is 2. The number of methoxy groups -OCH3 is 1. The number of rotatable bonds is 6. The van der Waals surface area contributed by atoms with E-state index in [0.29, 0.717) is 32.0 Å². The second-order valence-corrected chi connectivity index (χ2v) is 5.14. The first kappa shape index (κ1) is 16.7. The average molecular weight is 311 g/mol. The van der Waals surface area contributed by atoms with E-state index in [2.05, 4.69) is 5.32 Å². The van der Waals surface area contributed by atoms with Gasteiger partial charge in [-0.1, -0.05) is 0 Å². The van der Waals surface area contributed by atoms with E-state index in [4.69, 9.17) is 15.2 Å². The molecule has 1 aliphatic rings. The van der Waals surface area contributed by atoms with Crippen LogP contribution in [0.2, 0.25) is 0 Å². The van der Waals surface area contributed by atoms with Gasteiger partial charge in [-0.15, -0.1) is 0 Å². The van der Waals surface area contributed by atoms with Gasteiger partial charge < -0.3 is 25.4 Å². The highest BCUT2D eigenvalue weighted by atomic mass is 19.1. The minimum absolute atomic E-state index is 0.135. The van der Waals surface area contributed by atoms with Gasteiger partial charge in [-0.25, -0.2) is 4.39 Å². The number of benzene rings is 1. The summed E-state index contributed by atoms with van der Waals surface area (Å²) in [5, 5.41) is 2.69. The Hall–Kier alpha value is -1.70. The number of ether oxygens (including phenoxy) is 2. The van der Waals surface area contributed by atoms with E-state index < -0.39 is 0 Å². The van der Waals surface area contributed by atoms with Crippen LogP contribution in [0.5, 0.6) is 0 Å². The summed E-state index contributed by atoms with van der Waals surface area (Å²) in [5.41, 5.74) is 6.65. The molecule has 22 heavy (non-hydrogen) atoms. The molecule has 0 bridgehead atoms. The lowest BCUT2D eigenvalue weighted by Crippen LogP contribution is -2.36. The third-order valence-electron chi connectivity index (χ3n) is 3.55. The molecule has 1 fully saturated rings. The summed E-state index contributed by atoms with van der Waals surface area (Å²) >= 11 is 0. The van der Waals surface area contributed by atoms with Crippen molar-refractivity contribution >= 4 is 17.3 Å². The summed E-state index contributed by atoms with van der Waals surface area (Å²) in [7, 11) is 1.50. The molecule has 1 amide bonds. The van der Waals surface area contributed by atoms with Crippen LogP contribution in [-0.2, 0) is 14.3 Å². The van der Waals surface area contributed by atoms with Gasteiger partial charge in [0.1, 0.15) is 5.82 Å². The quantitative estimate of drug-likeness (QED) is 0.818. The summed E-state index contributed by atoms with van der Waals surface area (Å²) in [6.07, 6.45) is -0.205. The molecule has 2 rings (SSSR count). The summed E-state index contributed by atoms with van der Waals surface area (Å²) in [5.74, 6) is -0.641. The smallest absolute Gasteiger partial charge is 0.227 e. The van der Waals surface area contributed by atoms with Crippen molar-refractivity contribution in [3.8, 4) is 0 Å². The lowest BCUT2D eigenvalue weighted by Gasteiger charge is -2.29. The molecule has 0 radical (unpaired) electrons. The second-order valence-electron chi connectivity index (χ2n) is 5.14. The van der Waals surface area contributed by atoms with Crippen LogP contribution in [0.4, 0.5) is 15.8 Å². The number of nitrogens with zero attached hydrogens (tertiary/aromatic N) is 1. The molecule has 0 spiro atoms. The molecule has 6 nitrogen and oxygen atoms in total. The van der Waals surface area contributed by atoms with E-state index in [0.717, 1.165) is 5.69 Å². The van der Waals surface area contributed by atoms with Crippen LogP contribution >= 0.6 is 0 Å². The Bertz CT molecular complexity index is 503. The maximum Gasteiger partial charge on any atom is 0.227 e. The van der Waals surface area contributed by atoms with Gasteiger partial charge in [-0.05, 0) is 18.2 Å². The zero-order chi connectivity index (χ0) is 15.9. The van der Waals surface area contributed by atoms with E-state index in [9.17, 15) is 9.18 Å². The zero-order valence-corrected chi connectivity index (χ0v) is 12.7. The highest BCUT2D eigenvalue weighted by Gasteiger charge is 2.15. The van der Waals surface area contributed by atoms with Gasteiger partial charge in [0.25, 0.3) is 0 Å². The molecule has 1 unspecified atom stereocenters. The second kappa shape index (κ2) is 8.07. The predicted molar refractivity (Wildman–Crippen MR) is 82.5 cm³/mol. The van der Waals surface area contributed by atoms with Crippen LogP contribution < -0.4 is 16.0 Å². The number of hydrogen-bond acceptors (Lipinski definition) is 5. The van der Waals surface area contributed by atoms with E-state index >= 15 is 0 Å². The lowest BCUT2D eigenvalue weighted by molar-refractivity contribution is -0.118. The standard InChI is InChI=1S/C15H22FN3O3/c1-21-14(10-17)9-15(20)18-12-6-11(16)7-13(8-12)19-2-4-22-5-3-19/h6-8,14H,2-5,9-10,17H2,1H3,(H,18,20). The van der Waals surface area contributed by atoms with Crippen molar-refractivity contribution in [3.63, 3.8) is 0 Å². The van der Waals surface area contributed by atoms with Gasteiger partial charge in [-0.3, -0.25) is 4.79 Å². The lowest BCUT2D eigenvalue weighted by atomic mass is 10.2. The van der Waals surface area contributed by atoms with Crippen molar-refractivity contribution in [3.05, 3.63) is 24.0 Å². The van der Waals surface area contributed by atoms with Crippen LogP contribution in [0.15, 0.2) is 18.2 Å². The zero-order valence-electron chi connectivity index (χ0n) is 12.7. The first-order chi connectivity index (χ1) is 10.6. The average Bonchev–Trinajstić information content (AvgIpc) is 2.53. The molecule has 3 N–H and O–H groups in total. The monoisotopic (exact) mass is 311 g/mol. The number of carbonyl (C=O) groups is 1. The van der Waals surface area contributed by atoms with Crippen LogP contribution in [0.1, 0.15) is 6.42 Å².